The van der Waals surface area contributed by atoms with Gasteiger partial charge in [-0.1, -0.05) is 53.4 Å². The zero-order valence-corrected chi connectivity index (χ0v) is 9.18. The van der Waals surface area contributed by atoms with Crippen LogP contribution in [0.3, 0.4) is 0 Å². The molecule has 1 aliphatic rings. The summed E-state index contributed by atoms with van der Waals surface area (Å²) in [7, 11) is 0. The third-order valence-corrected chi connectivity index (χ3v) is 2.70. The second kappa shape index (κ2) is 5.03. The normalized spacial score (nSPS) is 16.7. The maximum atomic E-state index is 4.03. The topological polar surface area (TPSA) is 0 Å². The summed E-state index contributed by atoms with van der Waals surface area (Å²) in [5.74, 6) is 0. The minimum atomic E-state index is 1.02. The lowest BCUT2D eigenvalue weighted by molar-refractivity contribution is 0.978. The smallest absolute Gasteiger partial charge is 0.0244 e. The number of halogens is 1. The molecule has 0 fully saturated rings. The number of hydrogen-bond acceptors (Lipinski definition) is 0. The lowest BCUT2D eigenvalue weighted by atomic mass is 9.98. The van der Waals surface area contributed by atoms with Gasteiger partial charge in [0.2, 0.25) is 0 Å². The van der Waals surface area contributed by atoms with Gasteiger partial charge in [0.1, 0.15) is 0 Å². The molecular weight excluding hydrogens is 224 g/mol. The van der Waals surface area contributed by atoms with E-state index in [0.29, 0.717) is 0 Å². The number of rotatable bonds is 3. The van der Waals surface area contributed by atoms with Crippen LogP contribution in [0.25, 0.3) is 0 Å². The molecule has 1 aliphatic carbocycles. The molecule has 0 aliphatic heterocycles. The third kappa shape index (κ3) is 2.85. The first-order valence-electron chi connectivity index (χ1n) is 4.29. The summed E-state index contributed by atoms with van der Waals surface area (Å²) in [4.78, 5) is 0. The molecule has 0 N–H and O–H groups in total. The van der Waals surface area contributed by atoms with Crippen LogP contribution in [-0.2, 0) is 0 Å². The van der Waals surface area contributed by atoms with E-state index in [1.54, 1.807) is 6.08 Å². The van der Waals surface area contributed by atoms with Crippen molar-refractivity contribution < 1.29 is 0 Å². The Balaban J connectivity index is 2.77. The Morgan fingerprint density at radius 1 is 1.54 bits per heavy atom. The first-order valence-corrected chi connectivity index (χ1v) is 5.08. The summed E-state index contributed by atoms with van der Waals surface area (Å²) >= 11 is 3.46. The molecule has 0 aromatic heterocycles. The van der Waals surface area contributed by atoms with E-state index >= 15 is 0 Å². The van der Waals surface area contributed by atoms with E-state index in [-0.39, 0.29) is 0 Å². The van der Waals surface area contributed by atoms with Crippen LogP contribution in [0.2, 0.25) is 0 Å². The Hall–Kier alpha value is -0.820. The van der Waals surface area contributed by atoms with Gasteiger partial charge in [0.15, 0.2) is 0 Å². The van der Waals surface area contributed by atoms with Gasteiger partial charge in [-0.15, -0.1) is 0 Å². The largest absolute Gasteiger partial charge is 0.0990 e. The van der Waals surface area contributed by atoms with Crippen molar-refractivity contribution in [1.29, 1.82) is 0 Å². The van der Waals surface area contributed by atoms with Crippen LogP contribution < -0.4 is 0 Å². The molecular formula is C12H13Br. The summed E-state index contributed by atoms with van der Waals surface area (Å²) in [5, 5.41) is 0. The van der Waals surface area contributed by atoms with Crippen LogP contribution in [0.1, 0.15) is 12.8 Å². The first-order chi connectivity index (χ1) is 6.25. The molecule has 0 saturated heterocycles. The Morgan fingerprint density at radius 3 is 2.85 bits per heavy atom. The molecule has 0 heterocycles. The Bertz CT molecular complexity index is 303. The van der Waals surface area contributed by atoms with Gasteiger partial charge in [-0.05, 0) is 30.1 Å². The van der Waals surface area contributed by atoms with Crippen molar-refractivity contribution in [1.82, 2.24) is 0 Å². The molecule has 1 rings (SSSR count). The van der Waals surface area contributed by atoms with E-state index < -0.39 is 0 Å². The van der Waals surface area contributed by atoms with Crippen molar-refractivity contribution in [2.24, 2.45) is 0 Å². The summed E-state index contributed by atoms with van der Waals surface area (Å²) in [5.41, 5.74) is 2.36. The van der Waals surface area contributed by atoms with Gasteiger partial charge in [0.05, 0.1) is 0 Å². The second-order valence-electron chi connectivity index (χ2n) is 2.89. The highest BCUT2D eigenvalue weighted by Crippen LogP contribution is 2.27. The van der Waals surface area contributed by atoms with E-state index in [2.05, 4.69) is 47.3 Å². The van der Waals surface area contributed by atoms with Gasteiger partial charge in [-0.3, -0.25) is 0 Å². The molecule has 0 aromatic carbocycles. The van der Waals surface area contributed by atoms with Gasteiger partial charge in [-0.2, -0.15) is 0 Å². The van der Waals surface area contributed by atoms with Gasteiger partial charge in [0, 0.05) is 4.48 Å². The van der Waals surface area contributed by atoms with Crippen LogP contribution in [0.15, 0.2) is 59.2 Å². The SMILES string of the molecule is C=C/C=C(/Br)C(=C)C1=CC=CCC1. The quantitative estimate of drug-likeness (QED) is 0.642. The monoisotopic (exact) mass is 236 g/mol. The van der Waals surface area contributed by atoms with Crippen LogP contribution >= 0.6 is 15.9 Å². The number of hydrogen-bond donors (Lipinski definition) is 0. The van der Waals surface area contributed by atoms with Crippen LogP contribution in [0, 0.1) is 0 Å². The van der Waals surface area contributed by atoms with Crippen molar-refractivity contribution in [3.8, 4) is 0 Å². The van der Waals surface area contributed by atoms with Gasteiger partial charge in [-0.25, -0.2) is 0 Å². The van der Waals surface area contributed by atoms with Crippen molar-refractivity contribution in [3.05, 3.63) is 59.2 Å². The van der Waals surface area contributed by atoms with E-state index in [4.69, 9.17) is 0 Å². The van der Waals surface area contributed by atoms with E-state index in [1.165, 1.54) is 5.57 Å². The molecule has 0 spiro atoms. The zero-order chi connectivity index (χ0) is 9.68. The molecule has 0 nitrogen and oxygen atoms in total. The van der Waals surface area contributed by atoms with Crippen LogP contribution in [0.5, 0.6) is 0 Å². The molecule has 0 bridgehead atoms. The molecule has 0 radical (unpaired) electrons. The Labute approximate surface area is 88.2 Å². The first kappa shape index (κ1) is 10.3. The van der Waals surface area contributed by atoms with Crippen molar-refractivity contribution in [2.75, 3.05) is 0 Å². The molecule has 1 heteroatoms. The Morgan fingerprint density at radius 2 is 2.31 bits per heavy atom. The summed E-state index contributed by atoms with van der Waals surface area (Å²) in [6, 6.07) is 0. The molecule has 0 aromatic rings. The van der Waals surface area contributed by atoms with Crippen LogP contribution in [0.4, 0.5) is 0 Å². The van der Waals surface area contributed by atoms with Crippen molar-refractivity contribution in [3.63, 3.8) is 0 Å². The molecule has 0 saturated carbocycles. The molecule has 13 heavy (non-hydrogen) atoms. The highest BCUT2D eigenvalue weighted by molar-refractivity contribution is 9.12. The predicted molar refractivity (Wildman–Crippen MR) is 62.8 cm³/mol. The molecule has 0 amide bonds. The van der Waals surface area contributed by atoms with E-state index in [1.807, 2.05) is 6.08 Å². The van der Waals surface area contributed by atoms with Gasteiger partial charge < -0.3 is 0 Å². The summed E-state index contributed by atoms with van der Waals surface area (Å²) in [6.07, 6.45) is 12.2. The third-order valence-electron chi connectivity index (χ3n) is 1.95. The lowest BCUT2D eigenvalue weighted by Gasteiger charge is -2.11. The average Bonchev–Trinajstić information content (AvgIpc) is 2.18. The minimum absolute atomic E-state index is 1.02. The van der Waals surface area contributed by atoms with E-state index in [9.17, 15) is 0 Å². The minimum Gasteiger partial charge on any atom is -0.0990 e. The number of allylic oxidation sites excluding steroid dienone is 8. The van der Waals surface area contributed by atoms with Crippen LogP contribution in [-0.4, -0.2) is 0 Å². The fourth-order valence-electron chi connectivity index (χ4n) is 1.21. The average molecular weight is 237 g/mol. The summed E-state index contributed by atoms with van der Waals surface area (Å²) < 4.78 is 1.02. The molecule has 68 valence electrons. The van der Waals surface area contributed by atoms with Gasteiger partial charge >= 0.3 is 0 Å². The molecule has 0 atom stereocenters. The van der Waals surface area contributed by atoms with Crippen molar-refractivity contribution in [2.45, 2.75) is 12.8 Å². The fraction of sp³-hybridized carbons (Fsp3) is 0.167. The van der Waals surface area contributed by atoms with Crippen molar-refractivity contribution >= 4 is 15.9 Å². The standard InChI is InChI=1S/C12H13Br/c1-3-7-12(13)10(2)11-8-5-4-6-9-11/h3-5,7-8H,1-2,6,9H2/b12-7+. The highest BCUT2D eigenvalue weighted by Gasteiger charge is 2.05. The fourth-order valence-corrected chi connectivity index (χ4v) is 1.65. The maximum Gasteiger partial charge on any atom is 0.0244 e. The Kier molecular flexibility index (Phi) is 3.97. The van der Waals surface area contributed by atoms with E-state index in [0.717, 1.165) is 22.9 Å². The lowest BCUT2D eigenvalue weighted by Crippen LogP contribution is -1.91. The highest BCUT2D eigenvalue weighted by atomic mass is 79.9. The predicted octanol–water partition coefficient (Wildman–Crippen LogP) is 4.28. The maximum absolute atomic E-state index is 4.03. The van der Waals surface area contributed by atoms with Gasteiger partial charge in [0.25, 0.3) is 0 Å². The second-order valence-corrected chi connectivity index (χ2v) is 3.74. The summed E-state index contributed by atoms with van der Waals surface area (Å²) in [6.45, 7) is 7.68. The zero-order valence-electron chi connectivity index (χ0n) is 7.59. The molecule has 0 unspecified atom stereocenters.